The monoisotopic (exact) mass is 347 g/mol. The van der Waals surface area contributed by atoms with Gasteiger partial charge in [-0.25, -0.2) is 8.78 Å². The molecule has 5 heteroatoms. The number of hydrogen-bond donors (Lipinski definition) is 1. The Bertz CT molecular complexity index is 1060. The van der Waals surface area contributed by atoms with Crippen LogP contribution in [0.2, 0.25) is 0 Å². The highest BCUT2D eigenvalue weighted by molar-refractivity contribution is 5.89. The normalized spacial score (nSPS) is 11.5. The zero-order valence-electron chi connectivity index (χ0n) is 13.8. The maximum atomic E-state index is 13.9. The number of aromatic amines is 1. The molecule has 2 aromatic carbocycles. The molecule has 0 saturated carbocycles. The number of nitrogens with zero attached hydrogens (tertiary/aromatic N) is 2. The number of H-pyrrole nitrogens is 1. The Labute approximate surface area is 149 Å². The summed E-state index contributed by atoms with van der Waals surface area (Å²) in [5.74, 6) is -1.07. The van der Waals surface area contributed by atoms with Crippen LogP contribution >= 0.6 is 0 Å². The van der Waals surface area contributed by atoms with Gasteiger partial charge in [-0.3, -0.25) is 10.1 Å². The summed E-state index contributed by atoms with van der Waals surface area (Å²) in [7, 11) is 0. The number of pyridine rings is 1. The molecule has 3 nitrogen and oxygen atoms in total. The van der Waals surface area contributed by atoms with Crippen LogP contribution in [0.1, 0.15) is 22.5 Å². The zero-order chi connectivity index (χ0) is 17.9. The molecule has 0 aliphatic rings. The number of nitrogens with one attached hydrogen (secondary N) is 1. The van der Waals surface area contributed by atoms with Crippen LogP contribution in [0.15, 0.2) is 60.8 Å². The van der Waals surface area contributed by atoms with Crippen LogP contribution < -0.4 is 0 Å². The molecule has 0 unspecified atom stereocenters. The summed E-state index contributed by atoms with van der Waals surface area (Å²) in [6.07, 6.45) is 5.65. The number of aromatic nitrogens is 3. The van der Waals surface area contributed by atoms with Crippen LogP contribution in [-0.2, 0) is 6.42 Å². The molecule has 2 heterocycles. The number of halogens is 2. The molecule has 0 amide bonds. The molecule has 26 heavy (non-hydrogen) atoms. The van der Waals surface area contributed by atoms with Gasteiger partial charge in [0.15, 0.2) is 0 Å². The molecule has 0 radical (unpaired) electrons. The maximum absolute atomic E-state index is 13.9. The quantitative estimate of drug-likeness (QED) is 0.565. The summed E-state index contributed by atoms with van der Waals surface area (Å²) in [6.45, 7) is 0. The third kappa shape index (κ3) is 3.24. The fourth-order valence-electron chi connectivity index (χ4n) is 2.86. The van der Waals surface area contributed by atoms with Crippen molar-refractivity contribution in [2.45, 2.75) is 6.42 Å². The summed E-state index contributed by atoms with van der Waals surface area (Å²) in [6, 6.07) is 15.2. The van der Waals surface area contributed by atoms with Gasteiger partial charge in [-0.15, -0.1) is 0 Å². The van der Waals surface area contributed by atoms with Crippen LogP contribution in [-0.4, -0.2) is 15.2 Å². The molecule has 0 spiro atoms. The Morgan fingerprint density at radius 3 is 2.54 bits per heavy atom. The van der Waals surface area contributed by atoms with Crippen molar-refractivity contribution in [3.8, 4) is 0 Å². The molecule has 4 rings (SSSR count). The Balaban J connectivity index is 1.67. The first kappa shape index (κ1) is 16.1. The third-order valence-corrected chi connectivity index (χ3v) is 4.20. The molecule has 0 aliphatic heterocycles. The van der Waals surface area contributed by atoms with Crippen molar-refractivity contribution >= 4 is 23.1 Å². The zero-order valence-corrected chi connectivity index (χ0v) is 13.8. The molecule has 1 N–H and O–H groups in total. The second-order valence-electron chi connectivity index (χ2n) is 5.95. The molecule has 128 valence electrons. The van der Waals surface area contributed by atoms with E-state index < -0.39 is 11.6 Å². The second kappa shape index (κ2) is 6.88. The Morgan fingerprint density at radius 2 is 1.77 bits per heavy atom. The second-order valence-corrected chi connectivity index (χ2v) is 5.95. The summed E-state index contributed by atoms with van der Waals surface area (Å²) >= 11 is 0. The lowest BCUT2D eigenvalue weighted by Gasteiger charge is -2.05. The lowest BCUT2D eigenvalue weighted by Crippen LogP contribution is -1.96. The van der Waals surface area contributed by atoms with Crippen molar-refractivity contribution in [3.05, 3.63) is 94.9 Å². The Morgan fingerprint density at radius 1 is 0.923 bits per heavy atom. The molecule has 0 fully saturated rings. The third-order valence-electron chi connectivity index (χ3n) is 4.20. The van der Waals surface area contributed by atoms with E-state index in [2.05, 4.69) is 15.2 Å². The Hall–Kier alpha value is -3.34. The molecule has 0 bridgehead atoms. The molecule has 4 aromatic rings. The molecule has 0 saturated heterocycles. The van der Waals surface area contributed by atoms with Crippen molar-refractivity contribution in [2.75, 3.05) is 0 Å². The van der Waals surface area contributed by atoms with E-state index in [-0.39, 0.29) is 12.0 Å². The molecule has 2 aromatic heterocycles. The highest BCUT2D eigenvalue weighted by atomic mass is 19.1. The van der Waals surface area contributed by atoms with E-state index in [1.54, 1.807) is 6.20 Å². The molecule has 0 atom stereocenters. The summed E-state index contributed by atoms with van der Waals surface area (Å²) in [4.78, 5) is 4.24. The summed E-state index contributed by atoms with van der Waals surface area (Å²) in [5, 5.41) is 8.17. The van der Waals surface area contributed by atoms with Crippen molar-refractivity contribution in [1.29, 1.82) is 0 Å². The maximum Gasteiger partial charge on any atom is 0.129 e. The van der Waals surface area contributed by atoms with Crippen LogP contribution in [0, 0.1) is 11.6 Å². The van der Waals surface area contributed by atoms with Crippen LogP contribution in [0.3, 0.4) is 0 Å². The van der Waals surface area contributed by atoms with E-state index >= 15 is 0 Å². The topological polar surface area (TPSA) is 41.6 Å². The van der Waals surface area contributed by atoms with E-state index in [1.807, 2.05) is 48.6 Å². The van der Waals surface area contributed by atoms with Crippen LogP contribution in [0.25, 0.3) is 23.1 Å². The van der Waals surface area contributed by atoms with E-state index in [0.717, 1.165) is 27.9 Å². The first-order chi connectivity index (χ1) is 12.7. The van der Waals surface area contributed by atoms with Crippen LogP contribution in [0.5, 0.6) is 0 Å². The lowest BCUT2D eigenvalue weighted by molar-refractivity contribution is 0.561. The molecular formula is C21H15F2N3. The first-order valence-corrected chi connectivity index (χ1v) is 8.20. The first-order valence-electron chi connectivity index (χ1n) is 8.20. The highest BCUT2D eigenvalue weighted by Gasteiger charge is 2.11. The van der Waals surface area contributed by atoms with Gasteiger partial charge in [-0.05, 0) is 54.1 Å². The van der Waals surface area contributed by atoms with Gasteiger partial charge in [-0.2, -0.15) is 5.10 Å². The minimum absolute atomic E-state index is 0.0703. The average molecular weight is 347 g/mol. The number of rotatable bonds is 4. The van der Waals surface area contributed by atoms with Gasteiger partial charge in [0.2, 0.25) is 0 Å². The van der Waals surface area contributed by atoms with Gasteiger partial charge in [-0.1, -0.05) is 18.2 Å². The van der Waals surface area contributed by atoms with Crippen molar-refractivity contribution in [3.63, 3.8) is 0 Å². The van der Waals surface area contributed by atoms with Crippen molar-refractivity contribution in [2.24, 2.45) is 0 Å². The van der Waals surface area contributed by atoms with Gasteiger partial charge in [0, 0.05) is 23.6 Å². The van der Waals surface area contributed by atoms with E-state index in [0.29, 0.717) is 0 Å². The van der Waals surface area contributed by atoms with Crippen molar-refractivity contribution < 1.29 is 8.78 Å². The smallest absolute Gasteiger partial charge is 0.129 e. The Kier molecular flexibility index (Phi) is 4.27. The summed E-state index contributed by atoms with van der Waals surface area (Å²) < 4.78 is 27.8. The largest absolute Gasteiger partial charge is 0.277 e. The van der Waals surface area contributed by atoms with Crippen LogP contribution in [0.4, 0.5) is 8.78 Å². The van der Waals surface area contributed by atoms with E-state index in [4.69, 9.17) is 0 Å². The van der Waals surface area contributed by atoms with E-state index in [1.165, 1.54) is 18.2 Å². The van der Waals surface area contributed by atoms with Gasteiger partial charge in [0.05, 0.1) is 16.9 Å². The molecule has 0 aliphatic carbocycles. The minimum atomic E-state index is -0.535. The predicted molar refractivity (Wildman–Crippen MR) is 98.4 cm³/mol. The highest BCUT2D eigenvalue weighted by Crippen LogP contribution is 2.23. The van der Waals surface area contributed by atoms with E-state index in [9.17, 15) is 8.78 Å². The average Bonchev–Trinajstić information content (AvgIpc) is 3.06. The SMILES string of the molecule is Fc1cccc(F)c1Cc1ccc2[nH]nc(C=Cc3ccccn3)c2c1. The van der Waals surface area contributed by atoms with Gasteiger partial charge < -0.3 is 0 Å². The molecular weight excluding hydrogens is 332 g/mol. The standard InChI is InChI=1S/C21H15F2N3/c22-18-5-3-6-19(23)16(18)12-14-7-9-20-17(13-14)21(26-25-20)10-8-15-4-1-2-11-24-15/h1-11,13H,12H2,(H,25,26). The van der Waals surface area contributed by atoms with Gasteiger partial charge >= 0.3 is 0 Å². The number of fused-ring (bicyclic) bond motifs is 1. The fraction of sp³-hybridized carbons (Fsp3) is 0.0476. The van der Waals surface area contributed by atoms with Gasteiger partial charge in [0.25, 0.3) is 0 Å². The fourth-order valence-corrected chi connectivity index (χ4v) is 2.86. The lowest BCUT2D eigenvalue weighted by atomic mass is 10.0. The predicted octanol–water partition coefficient (Wildman–Crippen LogP) is 5.00. The number of benzene rings is 2. The summed E-state index contributed by atoms with van der Waals surface area (Å²) in [5.41, 5.74) is 3.33. The van der Waals surface area contributed by atoms with Crippen molar-refractivity contribution in [1.82, 2.24) is 15.2 Å². The number of hydrogen-bond acceptors (Lipinski definition) is 2. The minimum Gasteiger partial charge on any atom is -0.277 e. The van der Waals surface area contributed by atoms with Gasteiger partial charge in [0.1, 0.15) is 11.6 Å².